The maximum Gasteiger partial charge on any atom is 0.229 e. The number of rotatable bonds is 12. The molecule has 0 amide bonds. The SMILES string of the molecule is COc1cc(C[C@H](CO)[C@@H](CO)Cc2ccc(O[C@H]3O[C@@H](CO)[C@H](O)[C@@H](O)[C@@H]3O)c(OC)c2)ccc1O. The molecule has 7 N–H and O–H groups in total. The number of aromatic hydroxyl groups is 1. The van der Waals surface area contributed by atoms with E-state index in [0.717, 1.165) is 11.1 Å². The van der Waals surface area contributed by atoms with Gasteiger partial charge in [0.2, 0.25) is 6.29 Å². The molecule has 1 fully saturated rings. The van der Waals surface area contributed by atoms with Crippen LogP contribution in [0.5, 0.6) is 23.0 Å². The molecule has 11 heteroatoms. The fourth-order valence-electron chi connectivity index (χ4n) is 4.44. The fraction of sp³-hybridized carbons (Fsp3) is 0.538. The molecule has 0 bridgehead atoms. The predicted molar refractivity (Wildman–Crippen MR) is 131 cm³/mol. The summed E-state index contributed by atoms with van der Waals surface area (Å²) in [6.07, 6.45) is -6.24. The average molecular weight is 525 g/mol. The number of aliphatic hydroxyl groups excluding tert-OH is 6. The summed E-state index contributed by atoms with van der Waals surface area (Å²) in [7, 11) is 2.88. The van der Waals surface area contributed by atoms with Gasteiger partial charge in [-0.2, -0.15) is 0 Å². The highest BCUT2D eigenvalue weighted by atomic mass is 16.7. The molecule has 7 atom stereocenters. The Morgan fingerprint density at radius 2 is 1.32 bits per heavy atom. The minimum Gasteiger partial charge on any atom is -0.504 e. The largest absolute Gasteiger partial charge is 0.504 e. The zero-order valence-electron chi connectivity index (χ0n) is 20.8. The summed E-state index contributed by atoms with van der Waals surface area (Å²) < 4.78 is 21.7. The lowest BCUT2D eigenvalue weighted by Crippen LogP contribution is -2.60. The summed E-state index contributed by atoms with van der Waals surface area (Å²) in [4.78, 5) is 0. The minimum absolute atomic E-state index is 0.0172. The smallest absolute Gasteiger partial charge is 0.229 e. The van der Waals surface area contributed by atoms with E-state index in [0.29, 0.717) is 24.3 Å². The normalized spacial score (nSPS) is 25.4. The van der Waals surface area contributed by atoms with Crippen LogP contribution in [0.25, 0.3) is 0 Å². The summed E-state index contributed by atoms with van der Waals surface area (Å²) in [6.45, 7) is -0.915. The molecule has 0 saturated carbocycles. The fourth-order valence-corrected chi connectivity index (χ4v) is 4.44. The van der Waals surface area contributed by atoms with Crippen molar-refractivity contribution in [1.29, 1.82) is 0 Å². The van der Waals surface area contributed by atoms with Crippen LogP contribution in [0.2, 0.25) is 0 Å². The van der Waals surface area contributed by atoms with Crippen molar-refractivity contribution in [1.82, 2.24) is 0 Å². The highest BCUT2D eigenvalue weighted by Crippen LogP contribution is 2.34. The lowest BCUT2D eigenvalue weighted by Gasteiger charge is -2.39. The first kappa shape index (κ1) is 28.9. The number of ether oxygens (including phenoxy) is 4. The van der Waals surface area contributed by atoms with Gasteiger partial charge in [0, 0.05) is 13.2 Å². The highest BCUT2D eigenvalue weighted by molar-refractivity contribution is 5.44. The molecule has 206 valence electrons. The van der Waals surface area contributed by atoms with E-state index < -0.39 is 37.3 Å². The molecule has 3 rings (SSSR count). The van der Waals surface area contributed by atoms with Gasteiger partial charge in [-0.15, -0.1) is 0 Å². The second-order valence-corrected chi connectivity index (χ2v) is 9.10. The second kappa shape index (κ2) is 13.2. The van der Waals surface area contributed by atoms with E-state index >= 15 is 0 Å². The zero-order chi connectivity index (χ0) is 27.1. The minimum atomic E-state index is -1.57. The van der Waals surface area contributed by atoms with Gasteiger partial charge in [-0.25, -0.2) is 0 Å². The van der Waals surface area contributed by atoms with Crippen molar-refractivity contribution < 1.29 is 54.7 Å². The van der Waals surface area contributed by atoms with Gasteiger partial charge < -0.3 is 54.7 Å². The molecule has 2 aromatic carbocycles. The van der Waals surface area contributed by atoms with Crippen LogP contribution in [-0.2, 0) is 17.6 Å². The van der Waals surface area contributed by atoms with Crippen LogP contribution < -0.4 is 14.2 Å². The standard InChI is InChI=1S/C26H36O11/c1-34-20-9-14(3-5-18(20)30)7-16(11-27)17(12-28)8-15-4-6-19(21(10-15)35-2)36-26-25(33)24(32)23(31)22(13-29)37-26/h3-6,9-10,16-17,22-33H,7-8,11-13H2,1-2H3/t16-,17-,22+,23+,24-,25+,26+/m1/s1. The summed E-state index contributed by atoms with van der Waals surface area (Å²) in [5.74, 6) is 0.265. The number of phenols is 1. The van der Waals surface area contributed by atoms with Gasteiger partial charge in [-0.3, -0.25) is 0 Å². The average Bonchev–Trinajstić information content (AvgIpc) is 2.92. The summed E-state index contributed by atoms with van der Waals surface area (Å²) in [5, 5.41) is 69.6. The Bertz CT molecular complexity index is 998. The molecule has 1 aliphatic heterocycles. The number of hydrogen-bond acceptors (Lipinski definition) is 11. The third kappa shape index (κ3) is 6.82. The molecule has 0 spiro atoms. The van der Waals surface area contributed by atoms with Crippen molar-refractivity contribution in [2.24, 2.45) is 11.8 Å². The monoisotopic (exact) mass is 524 g/mol. The second-order valence-electron chi connectivity index (χ2n) is 9.10. The summed E-state index contributed by atoms with van der Waals surface area (Å²) in [5.41, 5.74) is 1.63. The van der Waals surface area contributed by atoms with Gasteiger partial charge in [0.05, 0.1) is 20.8 Å². The van der Waals surface area contributed by atoms with Crippen LogP contribution in [0.1, 0.15) is 11.1 Å². The quantitative estimate of drug-likeness (QED) is 0.192. The van der Waals surface area contributed by atoms with Crippen molar-refractivity contribution in [3.63, 3.8) is 0 Å². The lowest BCUT2D eigenvalue weighted by atomic mass is 9.83. The third-order valence-electron chi connectivity index (χ3n) is 6.70. The molecule has 37 heavy (non-hydrogen) atoms. The molecule has 0 radical (unpaired) electrons. The van der Waals surface area contributed by atoms with E-state index in [4.69, 9.17) is 18.9 Å². The first-order valence-corrected chi connectivity index (χ1v) is 12.0. The Morgan fingerprint density at radius 1 is 0.757 bits per heavy atom. The first-order chi connectivity index (χ1) is 17.8. The summed E-state index contributed by atoms with van der Waals surface area (Å²) in [6, 6.07) is 9.98. The van der Waals surface area contributed by atoms with Gasteiger partial charge in [0.15, 0.2) is 23.0 Å². The molecule has 11 nitrogen and oxygen atoms in total. The number of methoxy groups -OCH3 is 2. The van der Waals surface area contributed by atoms with Crippen LogP contribution in [0.4, 0.5) is 0 Å². The van der Waals surface area contributed by atoms with Crippen LogP contribution in [0.15, 0.2) is 36.4 Å². The zero-order valence-corrected chi connectivity index (χ0v) is 20.8. The van der Waals surface area contributed by atoms with E-state index in [1.54, 1.807) is 30.3 Å². The Labute approximate surface area is 215 Å². The predicted octanol–water partition coefficient (Wildman–Crippen LogP) is -0.410. The van der Waals surface area contributed by atoms with E-state index in [-0.39, 0.29) is 36.5 Å². The van der Waals surface area contributed by atoms with Crippen molar-refractivity contribution in [3.05, 3.63) is 47.5 Å². The van der Waals surface area contributed by atoms with Gasteiger partial charge >= 0.3 is 0 Å². The highest BCUT2D eigenvalue weighted by Gasteiger charge is 2.45. The summed E-state index contributed by atoms with van der Waals surface area (Å²) >= 11 is 0. The van der Waals surface area contributed by atoms with Gasteiger partial charge in [0.1, 0.15) is 24.4 Å². The van der Waals surface area contributed by atoms with Gasteiger partial charge in [-0.05, 0) is 60.1 Å². The topological polar surface area (TPSA) is 179 Å². The van der Waals surface area contributed by atoms with E-state index in [9.17, 15) is 35.7 Å². The lowest BCUT2D eigenvalue weighted by molar-refractivity contribution is -0.277. The van der Waals surface area contributed by atoms with Crippen molar-refractivity contribution in [3.8, 4) is 23.0 Å². The van der Waals surface area contributed by atoms with Crippen LogP contribution in [-0.4, -0.2) is 100 Å². The molecule has 1 aliphatic rings. The van der Waals surface area contributed by atoms with Crippen LogP contribution in [0, 0.1) is 11.8 Å². The maximum absolute atomic E-state index is 10.3. The number of hydrogen-bond donors (Lipinski definition) is 7. The molecule has 0 aromatic heterocycles. The van der Waals surface area contributed by atoms with Gasteiger partial charge in [-0.1, -0.05) is 12.1 Å². The van der Waals surface area contributed by atoms with Crippen molar-refractivity contribution in [2.45, 2.75) is 43.5 Å². The van der Waals surface area contributed by atoms with E-state index in [2.05, 4.69) is 0 Å². The molecule has 0 unspecified atom stereocenters. The molecular weight excluding hydrogens is 488 g/mol. The molecule has 1 heterocycles. The van der Waals surface area contributed by atoms with Crippen LogP contribution >= 0.6 is 0 Å². The van der Waals surface area contributed by atoms with E-state index in [1.165, 1.54) is 20.3 Å². The van der Waals surface area contributed by atoms with Crippen molar-refractivity contribution in [2.75, 3.05) is 34.0 Å². The Morgan fingerprint density at radius 3 is 1.86 bits per heavy atom. The first-order valence-electron chi connectivity index (χ1n) is 12.0. The number of benzene rings is 2. The van der Waals surface area contributed by atoms with Gasteiger partial charge in [0.25, 0.3) is 0 Å². The van der Waals surface area contributed by atoms with Crippen molar-refractivity contribution >= 4 is 0 Å². The van der Waals surface area contributed by atoms with E-state index in [1.807, 2.05) is 0 Å². The Balaban J connectivity index is 1.73. The number of phenolic OH excluding ortho intramolecular Hbond substituents is 1. The Kier molecular flexibility index (Phi) is 10.4. The van der Waals surface area contributed by atoms with Crippen LogP contribution in [0.3, 0.4) is 0 Å². The maximum atomic E-state index is 10.3. The molecule has 0 aliphatic carbocycles. The molecule has 1 saturated heterocycles. The third-order valence-corrected chi connectivity index (χ3v) is 6.70. The number of aliphatic hydroxyl groups is 6. The Hall–Kier alpha value is -2.64. The molecular formula is C26H36O11. The molecule has 2 aromatic rings.